The first kappa shape index (κ1) is 15.4. The topological polar surface area (TPSA) is 65.0 Å². The molecule has 1 N–H and O–H groups in total. The van der Waals surface area contributed by atoms with E-state index in [-0.39, 0.29) is 18.1 Å². The number of aromatic hydroxyl groups is 1. The van der Waals surface area contributed by atoms with E-state index in [4.69, 9.17) is 14.2 Å². The van der Waals surface area contributed by atoms with Crippen molar-refractivity contribution in [2.75, 3.05) is 6.61 Å². The molecule has 22 heavy (non-hydrogen) atoms. The molecule has 5 heteroatoms. The van der Waals surface area contributed by atoms with E-state index in [9.17, 15) is 9.90 Å². The van der Waals surface area contributed by atoms with Crippen molar-refractivity contribution < 1.29 is 24.1 Å². The number of carbonyl (C=O) groups excluding carboxylic acids is 1. The first-order chi connectivity index (χ1) is 10.6. The maximum Gasteiger partial charge on any atom is 0.373 e. The Balaban J connectivity index is 2.09. The van der Waals surface area contributed by atoms with E-state index in [1.54, 1.807) is 49.4 Å². The highest BCUT2D eigenvalue weighted by atomic mass is 16.6. The third-order valence-corrected chi connectivity index (χ3v) is 2.64. The normalized spacial score (nSPS) is 9.86. The Labute approximate surface area is 128 Å². The molecule has 114 valence electrons. The van der Waals surface area contributed by atoms with E-state index in [2.05, 4.69) is 6.58 Å². The van der Waals surface area contributed by atoms with Crippen molar-refractivity contribution in [3.63, 3.8) is 0 Å². The average Bonchev–Trinajstić information content (AvgIpc) is 2.50. The maximum absolute atomic E-state index is 11.5. The van der Waals surface area contributed by atoms with Gasteiger partial charge in [-0.25, -0.2) is 4.79 Å². The summed E-state index contributed by atoms with van der Waals surface area (Å²) in [4.78, 5) is 11.5. The quantitative estimate of drug-likeness (QED) is 0.501. The second kappa shape index (κ2) is 7.17. The van der Waals surface area contributed by atoms with Crippen LogP contribution in [0.15, 0.2) is 60.9 Å². The van der Waals surface area contributed by atoms with Gasteiger partial charge in [0.25, 0.3) is 0 Å². The van der Waals surface area contributed by atoms with Crippen LogP contribution in [0.4, 0.5) is 0 Å². The van der Waals surface area contributed by atoms with Crippen molar-refractivity contribution in [2.45, 2.75) is 6.92 Å². The highest BCUT2D eigenvalue weighted by Gasteiger charge is 2.11. The van der Waals surface area contributed by atoms with Crippen molar-refractivity contribution in [1.82, 2.24) is 0 Å². The van der Waals surface area contributed by atoms with Crippen LogP contribution in [0.2, 0.25) is 0 Å². The minimum absolute atomic E-state index is 0.0322. The van der Waals surface area contributed by atoms with Gasteiger partial charge in [-0.15, -0.1) is 0 Å². The van der Waals surface area contributed by atoms with Gasteiger partial charge in [-0.1, -0.05) is 18.2 Å². The van der Waals surface area contributed by atoms with Gasteiger partial charge in [-0.05, 0) is 37.8 Å². The number of ether oxygens (including phenoxy) is 3. The summed E-state index contributed by atoms with van der Waals surface area (Å²) >= 11 is 0. The van der Waals surface area contributed by atoms with Gasteiger partial charge < -0.3 is 19.3 Å². The van der Waals surface area contributed by atoms with Gasteiger partial charge in [0.2, 0.25) is 5.76 Å². The molecule has 0 atom stereocenters. The van der Waals surface area contributed by atoms with Crippen LogP contribution in [0.1, 0.15) is 6.92 Å². The van der Waals surface area contributed by atoms with Gasteiger partial charge in [0.1, 0.15) is 11.5 Å². The third-order valence-electron chi connectivity index (χ3n) is 2.64. The summed E-state index contributed by atoms with van der Waals surface area (Å²) < 4.78 is 15.7. The molecule has 0 saturated carbocycles. The van der Waals surface area contributed by atoms with E-state index in [0.29, 0.717) is 17.2 Å². The summed E-state index contributed by atoms with van der Waals surface area (Å²) in [6.07, 6.45) is 0. The van der Waals surface area contributed by atoms with Crippen molar-refractivity contribution in [3.05, 3.63) is 60.9 Å². The molecule has 2 aromatic rings. The van der Waals surface area contributed by atoms with Crippen LogP contribution < -0.4 is 9.47 Å². The molecular weight excluding hydrogens is 284 g/mol. The van der Waals surface area contributed by atoms with Crippen LogP contribution in [0.3, 0.4) is 0 Å². The van der Waals surface area contributed by atoms with E-state index in [1.165, 1.54) is 6.07 Å². The Bertz CT molecular complexity index is 678. The second-order valence-corrected chi connectivity index (χ2v) is 4.29. The number of rotatable bonds is 6. The molecule has 2 rings (SSSR count). The second-order valence-electron chi connectivity index (χ2n) is 4.29. The van der Waals surface area contributed by atoms with E-state index in [1.807, 2.05) is 0 Å². The van der Waals surface area contributed by atoms with Gasteiger partial charge in [-0.2, -0.15) is 0 Å². The van der Waals surface area contributed by atoms with Gasteiger partial charge in [0.15, 0.2) is 11.5 Å². The largest absolute Gasteiger partial charge is 0.504 e. The third kappa shape index (κ3) is 4.02. The number of esters is 1. The molecule has 0 radical (unpaired) electrons. The number of hydrogen-bond acceptors (Lipinski definition) is 5. The zero-order valence-electron chi connectivity index (χ0n) is 12.1. The Hall–Kier alpha value is -2.95. The first-order valence-corrected chi connectivity index (χ1v) is 6.70. The Morgan fingerprint density at radius 1 is 1.14 bits per heavy atom. The molecule has 0 spiro atoms. The summed E-state index contributed by atoms with van der Waals surface area (Å²) in [7, 11) is 0. The van der Waals surface area contributed by atoms with E-state index < -0.39 is 5.97 Å². The predicted octanol–water partition coefficient (Wildman–Crippen LogP) is 3.64. The summed E-state index contributed by atoms with van der Waals surface area (Å²) in [5.74, 6) is 0.464. The van der Waals surface area contributed by atoms with Crippen LogP contribution >= 0.6 is 0 Å². The van der Waals surface area contributed by atoms with Crippen molar-refractivity contribution in [3.8, 4) is 23.0 Å². The molecule has 0 aliphatic rings. The fourth-order valence-corrected chi connectivity index (χ4v) is 1.67. The molecule has 0 bridgehead atoms. The number of hydrogen-bond donors (Lipinski definition) is 1. The molecule has 0 aliphatic carbocycles. The molecule has 0 unspecified atom stereocenters. The van der Waals surface area contributed by atoms with Crippen LogP contribution in [-0.2, 0) is 9.53 Å². The lowest BCUT2D eigenvalue weighted by molar-refractivity contribution is -0.140. The van der Waals surface area contributed by atoms with Crippen molar-refractivity contribution >= 4 is 5.97 Å². The Morgan fingerprint density at radius 3 is 2.59 bits per heavy atom. The smallest absolute Gasteiger partial charge is 0.373 e. The van der Waals surface area contributed by atoms with Crippen LogP contribution in [-0.4, -0.2) is 17.7 Å². The fourth-order valence-electron chi connectivity index (χ4n) is 1.67. The lowest BCUT2D eigenvalue weighted by Crippen LogP contribution is -2.11. The number of phenols is 1. The number of carbonyl (C=O) groups is 1. The minimum Gasteiger partial charge on any atom is -0.504 e. The zero-order chi connectivity index (χ0) is 15.9. The molecule has 0 amide bonds. The SMILES string of the molecule is C=C(Oc1cccc(Oc2ccccc2O)c1)C(=O)OCC. The summed E-state index contributed by atoms with van der Waals surface area (Å²) in [5, 5.41) is 9.69. The molecule has 0 aliphatic heterocycles. The van der Waals surface area contributed by atoms with Crippen LogP contribution in [0.5, 0.6) is 23.0 Å². The fraction of sp³-hybridized carbons (Fsp3) is 0.118. The van der Waals surface area contributed by atoms with E-state index in [0.717, 1.165) is 0 Å². The molecule has 0 saturated heterocycles. The van der Waals surface area contributed by atoms with Gasteiger partial charge in [0, 0.05) is 6.07 Å². The average molecular weight is 300 g/mol. The van der Waals surface area contributed by atoms with Crippen LogP contribution in [0, 0.1) is 0 Å². The highest BCUT2D eigenvalue weighted by molar-refractivity contribution is 5.86. The molecule has 0 fully saturated rings. The minimum atomic E-state index is -0.616. The monoisotopic (exact) mass is 300 g/mol. The van der Waals surface area contributed by atoms with Crippen molar-refractivity contribution in [2.24, 2.45) is 0 Å². The summed E-state index contributed by atoms with van der Waals surface area (Å²) in [6, 6.07) is 13.2. The zero-order valence-corrected chi connectivity index (χ0v) is 12.1. The van der Waals surface area contributed by atoms with Gasteiger partial charge >= 0.3 is 5.97 Å². The summed E-state index contributed by atoms with van der Waals surface area (Å²) in [5.41, 5.74) is 0. The number of para-hydroxylation sites is 2. The number of benzene rings is 2. The van der Waals surface area contributed by atoms with E-state index >= 15 is 0 Å². The standard InChI is InChI=1S/C17H16O5/c1-3-20-17(19)12(2)21-13-7-6-8-14(11-13)22-16-10-5-4-9-15(16)18/h4-11,18H,2-3H2,1H3. The molecule has 0 heterocycles. The predicted molar refractivity (Wildman–Crippen MR) is 81.0 cm³/mol. The Morgan fingerprint density at radius 2 is 1.86 bits per heavy atom. The lowest BCUT2D eigenvalue weighted by Gasteiger charge is -2.10. The first-order valence-electron chi connectivity index (χ1n) is 6.70. The number of phenolic OH excluding ortho intramolecular Hbond substituents is 1. The lowest BCUT2D eigenvalue weighted by atomic mass is 10.3. The van der Waals surface area contributed by atoms with Gasteiger partial charge in [0.05, 0.1) is 6.61 Å². The Kier molecular flexibility index (Phi) is 5.03. The van der Waals surface area contributed by atoms with Crippen LogP contribution in [0.25, 0.3) is 0 Å². The molecule has 2 aromatic carbocycles. The van der Waals surface area contributed by atoms with Gasteiger partial charge in [-0.3, -0.25) is 0 Å². The highest BCUT2D eigenvalue weighted by Crippen LogP contribution is 2.31. The van der Waals surface area contributed by atoms with Crippen molar-refractivity contribution in [1.29, 1.82) is 0 Å². The maximum atomic E-state index is 11.5. The summed E-state index contributed by atoms with van der Waals surface area (Å²) in [6.45, 7) is 5.47. The molecular formula is C17H16O5. The molecule has 0 aromatic heterocycles. The molecule has 5 nitrogen and oxygen atoms in total.